The third kappa shape index (κ3) is 5.23. The van der Waals surface area contributed by atoms with E-state index in [-0.39, 0.29) is 21.5 Å². The van der Waals surface area contributed by atoms with Crippen molar-refractivity contribution in [3.63, 3.8) is 0 Å². The van der Waals surface area contributed by atoms with Crippen LogP contribution in [-0.2, 0) is 16.4 Å². The molecule has 0 aliphatic heterocycles. The number of anilines is 1. The van der Waals surface area contributed by atoms with E-state index >= 15 is 0 Å². The van der Waals surface area contributed by atoms with Gasteiger partial charge in [-0.3, -0.25) is 9.52 Å². The van der Waals surface area contributed by atoms with Crippen molar-refractivity contribution in [1.82, 2.24) is 5.32 Å². The molecule has 1 amide bonds. The average Bonchev–Trinajstić information content (AvgIpc) is 3.17. The number of amides is 1. The van der Waals surface area contributed by atoms with Gasteiger partial charge in [0.25, 0.3) is 15.9 Å². The van der Waals surface area contributed by atoms with Crippen molar-refractivity contribution in [2.75, 3.05) is 4.72 Å². The Hall–Kier alpha value is -2.77. The normalized spacial score (nSPS) is 12.4. The van der Waals surface area contributed by atoms with E-state index in [1.54, 1.807) is 24.5 Å². The van der Waals surface area contributed by atoms with E-state index in [9.17, 15) is 13.2 Å². The number of carbonyl (C=O) groups is 1. The van der Waals surface area contributed by atoms with Gasteiger partial charge in [-0.05, 0) is 74.4 Å². The molecule has 3 aromatic rings. The molecule has 158 valence electrons. The smallest absolute Gasteiger partial charge is 0.261 e. The molecule has 30 heavy (non-hydrogen) atoms. The fraction of sp³-hybridized carbons (Fsp3) is 0.227. The zero-order valence-corrected chi connectivity index (χ0v) is 18.5. The second-order valence-electron chi connectivity index (χ2n) is 7.20. The molecule has 6 nitrogen and oxygen atoms in total. The van der Waals surface area contributed by atoms with Crippen LogP contribution in [0.25, 0.3) is 0 Å². The van der Waals surface area contributed by atoms with Crippen LogP contribution in [0.15, 0.2) is 64.1 Å². The molecule has 1 atom stereocenters. The Kier molecular flexibility index (Phi) is 6.53. The second kappa shape index (κ2) is 8.93. The Morgan fingerprint density at radius 2 is 1.87 bits per heavy atom. The number of carbonyl (C=O) groups excluding carboxylic acids is 1. The maximum Gasteiger partial charge on any atom is 0.261 e. The Morgan fingerprint density at radius 3 is 2.53 bits per heavy atom. The molecule has 0 fully saturated rings. The summed E-state index contributed by atoms with van der Waals surface area (Å²) in [7, 11) is -3.89. The number of benzene rings is 2. The minimum absolute atomic E-state index is 0.0473. The van der Waals surface area contributed by atoms with Crippen LogP contribution in [0.1, 0.15) is 34.2 Å². The average molecular weight is 447 g/mol. The number of hydrogen-bond donors (Lipinski definition) is 2. The van der Waals surface area contributed by atoms with E-state index in [1.165, 1.54) is 18.2 Å². The molecule has 1 unspecified atom stereocenters. The second-order valence-corrected chi connectivity index (χ2v) is 9.29. The highest BCUT2D eigenvalue weighted by molar-refractivity contribution is 7.92. The van der Waals surface area contributed by atoms with E-state index in [2.05, 4.69) is 10.0 Å². The lowest BCUT2D eigenvalue weighted by Gasteiger charge is -2.15. The van der Waals surface area contributed by atoms with Gasteiger partial charge in [-0.15, -0.1) is 0 Å². The number of aryl methyl sites for hydroxylation is 2. The summed E-state index contributed by atoms with van der Waals surface area (Å²) < 4.78 is 33.5. The molecule has 8 heteroatoms. The number of furan rings is 1. The van der Waals surface area contributed by atoms with Crippen molar-refractivity contribution in [3.05, 3.63) is 82.3 Å². The molecule has 0 aliphatic rings. The Labute approximate surface area is 181 Å². The van der Waals surface area contributed by atoms with Crippen molar-refractivity contribution in [3.8, 4) is 0 Å². The van der Waals surface area contributed by atoms with E-state index in [0.717, 1.165) is 16.9 Å². The summed E-state index contributed by atoms with van der Waals surface area (Å²) in [5, 5.41) is 2.99. The first-order chi connectivity index (χ1) is 14.2. The summed E-state index contributed by atoms with van der Waals surface area (Å²) in [6, 6.07) is 12.7. The van der Waals surface area contributed by atoms with E-state index in [4.69, 9.17) is 16.0 Å². The van der Waals surface area contributed by atoms with Gasteiger partial charge in [0.2, 0.25) is 0 Å². The van der Waals surface area contributed by atoms with E-state index in [0.29, 0.717) is 12.1 Å². The predicted molar refractivity (Wildman–Crippen MR) is 118 cm³/mol. The van der Waals surface area contributed by atoms with Gasteiger partial charge in [0, 0.05) is 18.2 Å². The molecule has 0 spiro atoms. The van der Waals surface area contributed by atoms with Crippen molar-refractivity contribution in [2.24, 2.45) is 0 Å². The quantitative estimate of drug-likeness (QED) is 0.550. The van der Waals surface area contributed by atoms with Gasteiger partial charge in [0.1, 0.15) is 5.76 Å². The monoisotopic (exact) mass is 446 g/mol. The highest BCUT2D eigenvalue weighted by Crippen LogP contribution is 2.24. The van der Waals surface area contributed by atoms with Crippen LogP contribution in [0.3, 0.4) is 0 Å². The van der Waals surface area contributed by atoms with Crippen molar-refractivity contribution in [1.29, 1.82) is 0 Å². The summed E-state index contributed by atoms with van der Waals surface area (Å²) in [5.41, 5.74) is 2.57. The molecule has 2 aromatic carbocycles. The molecule has 0 bridgehead atoms. The first kappa shape index (κ1) is 21.9. The maximum atomic E-state index is 12.8. The van der Waals surface area contributed by atoms with Crippen LogP contribution in [0, 0.1) is 13.8 Å². The highest BCUT2D eigenvalue weighted by Gasteiger charge is 2.20. The van der Waals surface area contributed by atoms with Crippen LogP contribution in [0.5, 0.6) is 0 Å². The minimum Gasteiger partial charge on any atom is -0.469 e. The fourth-order valence-corrected chi connectivity index (χ4v) is 4.23. The number of halogens is 1. The molecular formula is C22H23ClN2O4S. The largest absolute Gasteiger partial charge is 0.469 e. The van der Waals surface area contributed by atoms with Gasteiger partial charge in [0.15, 0.2) is 0 Å². The molecule has 3 rings (SSSR count). The Bertz CT molecular complexity index is 1160. The molecule has 1 aromatic heterocycles. The van der Waals surface area contributed by atoms with Crippen molar-refractivity contribution < 1.29 is 17.6 Å². The Balaban J connectivity index is 1.79. The lowest BCUT2D eigenvalue weighted by atomic mass is 10.1. The van der Waals surface area contributed by atoms with Gasteiger partial charge in [-0.25, -0.2) is 8.42 Å². The lowest BCUT2D eigenvalue weighted by molar-refractivity contribution is 0.0939. The SMILES string of the molecule is Cc1ccc(NS(=O)(=O)c2ccc(Cl)c(C(=O)NC(C)Cc3ccco3)c2)cc1C. The Morgan fingerprint density at radius 1 is 1.10 bits per heavy atom. The molecule has 0 saturated heterocycles. The van der Waals surface area contributed by atoms with Crippen LogP contribution in [-0.4, -0.2) is 20.4 Å². The highest BCUT2D eigenvalue weighted by atomic mass is 35.5. The number of sulfonamides is 1. The third-order valence-electron chi connectivity index (χ3n) is 4.72. The standard InChI is InChI=1S/C22H23ClN2O4S/c1-14-6-7-17(11-15(14)2)25-30(27,28)19-8-9-21(23)20(13-19)22(26)24-16(3)12-18-5-4-10-29-18/h4-11,13,16,25H,12H2,1-3H3,(H,24,26). The third-order valence-corrected chi connectivity index (χ3v) is 6.43. The molecule has 0 radical (unpaired) electrons. The van der Waals surface area contributed by atoms with Gasteiger partial charge in [-0.1, -0.05) is 17.7 Å². The molecule has 1 heterocycles. The topological polar surface area (TPSA) is 88.4 Å². The summed E-state index contributed by atoms with van der Waals surface area (Å²) in [6.07, 6.45) is 2.07. The van der Waals surface area contributed by atoms with Crippen LogP contribution in [0.4, 0.5) is 5.69 Å². The van der Waals surface area contributed by atoms with Gasteiger partial charge < -0.3 is 9.73 Å². The fourth-order valence-electron chi connectivity index (χ4n) is 2.95. The van der Waals surface area contributed by atoms with Crippen molar-refractivity contribution in [2.45, 2.75) is 38.1 Å². The molecule has 0 aliphatic carbocycles. The number of nitrogens with one attached hydrogen (secondary N) is 2. The van der Waals surface area contributed by atoms with Crippen LogP contribution in [0.2, 0.25) is 5.02 Å². The number of hydrogen-bond acceptors (Lipinski definition) is 4. The predicted octanol–water partition coefficient (Wildman–Crippen LogP) is 4.71. The summed E-state index contributed by atoms with van der Waals surface area (Å²) in [4.78, 5) is 12.6. The van der Waals surface area contributed by atoms with Crippen LogP contribution < -0.4 is 10.0 Å². The van der Waals surface area contributed by atoms with E-state index in [1.807, 2.05) is 32.9 Å². The van der Waals surface area contributed by atoms with Gasteiger partial charge in [-0.2, -0.15) is 0 Å². The zero-order valence-electron chi connectivity index (χ0n) is 16.9. The summed E-state index contributed by atoms with van der Waals surface area (Å²) >= 11 is 6.17. The van der Waals surface area contributed by atoms with Crippen molar-refractivity contribution >= 4 is 33.2 Å². The summed E-state index contributed by atoms with van der Waals surface area (Å²) in [6.45, 7) is 5.68. The first-order valence-electron chi connectivity index (χ1n) is 9.38. The van der Waals surface area contributed by atoms with Gasteiger partial charge >= 0.3 is 0 Å². The zero-order chi connectivity index (χ0) is 21.9. The number of rotatable bonds is 7. The van der Waals surface area contributed by atoms with Crippen LogP contribution >= 0.6 is 11.6 Å². The van der Waals surface area contributed by atoms with E-state index < -0.39 is 15.9 Å². The molecule has 0 saturated carbocycles. The first-order valence-corrected chi connectivity index (χ1v) is 11.2. The molecule has 2 N–H and O–H groups in total. The van der Waals surface area contributed by atoms with Gasteiger partial charge in [0.05, 0.1) is 21.7 Å². The maximum absolute atomic E-state index is 12.8. The summed E-state index contributed by atoms with van der Waals surface area (Å²) in [5.74, 6) is 0.283. The lowest BCUT2D eigenvalue weighted by Crippen LogP contribution is -2.34. The molecular weight excluding hydrogens is 424 g/mol. The minimum atomic E-state index is -3.89.